The molecule has 2 aliphatic heterocycles. The molecule has 2 fully saturated rings. The van der Waals surface area contributed by atoms with Crippen molar-refractivity contribution in [1.29, 1.82) is 0 Å². The normalized spacial score (nSPS) is 23.3. The Hall–Kier alpha value is -3.14. The number of cyclic esters (lactones) is 1. The van der Waals surface area contributed by atoms with Crippen molar-refractivity contribution in [2.75, 3.05) is 6.54 Å². The Morgan fingerprint density at radius 1 is 1.17 bits per heavy atom. The van der Waals surface area contributed by atoms with Crippen molar-refractivity contribution in [2.24, 2.45) is 0 Å². The molecule has 0 spiro atoms. The lowest BCUT2D eigenvalue weighted by atomic mass is 9.99. The molecule has 10 nitrogen and oxygen atoms in total. The zero-order valence-electron chi connectivity index (χ0n) is 20.7. The Kier molecular flexibility index (Phi) is 8.71. The second kappa shape index (κ2) is 11.5. The van der Waals surface area contributed by atoms with Gasteiger partial charge in [-0.3, -0.25) is 14.4 Å². The first kappa shape index (κ1) is 26.5. The predicted molar refractivity (Wildman–Crippen MR) is 126 cm³/mol. The van der Waals surface area contributed by atoms with E-state index in [0.29, 0.717) is 13.0 Å². The number of hydrogen-bond donors (Lipinski definition) is 2. The summed E-state index contributed by atoms with van der Waals surface area (Å²) < 4.78 is 16.2. The van der Waals surface area contributed by atoms with Crippen LogP contribution in [0.5, 0.6) is 0 Å². The Morgan fingerprint density at radius 2 is 1.89 bits per heavy atom. The Bertz CT molecular complexity index is 915. The van der Waals surface area contributed by atoms with Gasteiger partial charge in [0.05, 0.1) is 13.0 Å². The number of alkyl carbamates (subject to hydrolysis) is 1. The predicted octanol–water partition coefficient (Wildman–Crippen LogP) is 2.26. The van der Waals surface area contributed by atoms with Crippen molar-refractivity contribution in [3.8, 4) is 0 Å². The first-order valence-electron chi connectivity index (χ1n) is 12.0. The fourth-order valence-electron chi connectivity index (χ4n) is 4.10. The summed E-state index contributed by atoms with van der Waals surface area (Å²) >= 11 is 0. The molecule has 3 rings (SSSR count). The zero-order chi connectivity index (χ0) is 25.6. The molecule has 2 saturated heterocycles. The molecule has 3 amide bonds. The molecule has 35 heavy (non-hydrogen) atoms. The van der Waals surface area contributed by atoms with Crippen LogP contribution < -0.4 is 10.6 Å². The number of nitrogens with one attached hydrogen (secondary N) is 2. The minimum atomic E-state index is -0.910. The molecular weight excluding hydrogens is 454 g/mol. The average Bonchev–Trinajstić information content (AvgIpc) is 3.15. The third-order valence-electron chi connectivity index (χ3n) is 5.74. The number of likely N-dealkylation sites (tertiary alicyclic amines) is 1. The van der Waals surface area contributed by atoms with Gasteiger partial charge in [-0.2, -0.15) is 0 Å². The lowest BCUT2D eigenvalue weighted by Gasteiger charge is -2.37. The second-order valence-corrected chi connectivity index (χ2v) is 9.89. The van der Waals surface area contributed by atoms with Crippen LogP contribution >= 0.6 is 0 Å². The van der Waals surface area contributed by atoms with E-state index in [1.54, 1.807) is 27.7 Å². The van der Waals surface area contributed by atoms with Crippen LogP contribution in [0.4, 0.5) is 4.79 Å². The second-order valence-electron chi connectivity index (χ2n) is 9.89. The monoisotopic (exact) mass is 489 g/mol. The average molecular weight is 490 g/mol. The number of ether oxygens (including phenoxy) is 3. The van der Waals surface area contributed by atoms with Crippen LogP contribution in [0.2, 0.25) is 0 Å². The zero-order valence-corrected chi connectivity index (χ0v) is 20.7. The summed E-state index contributed by atoms with van der Waals surface area (Å²) in [7, 11) is 0. The lowest BCUT2D eigenvalue weighted by Crippen LogP contribution is -2.58. The summed E-state index contributed by atoms with van der Waals surface area (Å²) in [6.45, 7) is 7.39. The molecule has 2 heterocycles. The van der Waals surface area contributed by atoms with Gasteiger partial charge in [-0.05, 0) is 52.5 Å². The quantitative estimate of drug-likeness (QED) is 0.563. The van der Waals surface area contributed by atoms with E-state index in [4.69, 9.17) is 14.2 Å². The Balaban J connectivity index is 1.60. The molecule has 1 aromatic carbocycles. The van der Waals surface area contributed by atoms with Gasteiger partial charge in [0.15, 0.2) is 0 Å². The van der Waals surface area contributed by atoms with E-state index >= 15 is 0 Å². The first-order valence-corrected chi connectivity index (χ1v) is 12.0. The highest BCUT2D eigenvalue weighted by Gasteiger charge is 2.40. The van der Waals surface area contributed by atoms with Gasteiger partial charge in [-0.1, -0.05) is 30.3 Å². The smallest absolute Gasteiger partial charge is 0.408 e. The standard InChI is InChI=1S/C25H35N3O7/c1-16(26-24(32)35-25(2,3)4)22(31)28-13-9-8-12-19(28)21(30)27-18-14-20(29)34-23(18)33-15-17-10-6-5-7-11-17/h5-7,10-11,16,18-19,23H,8-9,12-15H2,1-4H3,(H,26,32)(H,27,30)/t16-,18?,19-,23?/m0/s1. The van der Waals surface area contributed by atoms with Crippen LogP contribution in [0.25, 0.3) is 0 Å². The molecule has 10 heteroatoms. The van der Waals surface area contributed by atoms with Gasteiger partial charge >= 0.3 is 12.1 Å². The van der Waals surface area contributed by atoms with Gasteiger partial charge in [-0.15, -0.1) is 0 Å². The van der Waals surface area contributed by atoms with Crippen LogP contribution in [0.3, 0.4) is 0 Å². The maximum Gasteiger partial charge on any atom is 0.408 e. The molecule has 0 radical (unpaired) electrons. The van der Waals surface area contributed by atoms with Gasteiger partial charge in [-0.25, -0.2) is 4.79 Å². The van der Waals surface area contributed by atoms with Crippen LogP contribution in [0.15, 0.2) is 30.3 Å². The molecule has 2 N–H and O–H groups in total. The highest BCUT2D eigenvalue weighted by Crippen LogP contribution is 2.22. The molecule has 2 aliphatic rings. The summed E-state index contributed by atoms with van der Waals surface area (Å²) in [5.74, 6) is -1.20. The molecule has 192 valence electrons. The van der Waals surface area contributed by atoms with E-state index in [0.717, 1.165) is 18.4 Å². The van der Waals surface area contributed by atoms with E-state index in [1.165, 1.54) is 4.90 Å². The van der Waals surface area contributed by atoms with E-state index < -0.39 is 42.1 Å². The van der Waals surface area contributed by atoms with E-state index in [1.807, 2.05) is 30.3 Å². The first-order chi connectivity index (χ1) is 16.5. The highest BCUT2D eigenvalue weighted by molar-refractivity contribution is 5.91. The summed E-state index contributed by atoms with van der Waals surface area (Å²) in [5.41, 5.74) is 0.219. The maximum absolute atomic E-state index is 13.2. The number of esters is 1. The number of carbonyl (C=O) groups excluding carboxylic acids is 4. The van der Waals surface area contributed by atoms with E-state index in [2.05, 4.69) is 10.6 Å². The SMILES string of the molecule is C[C@H](NC(=O)OC(C)(C)C)C(=O)N1CCCC[C@H]1C(=O)NC1CC(=O)OC1OCc1ccccc1. The van der Waals surface area contributed by atoms with Crippen molar-refractivity contribution < 1.29 is 33.4 Å². The van der Waals surface area contributed by atoms with Crippen LogP contribution in [0, 0.1) is 0 Å². The third-order valence-corrected chi connectivity index (χ3v) is 5.74. The fourth-order valence-corrected chi connectivity index (χ4v) is 4.10. The number of rotatable bonds is 7. The van der Waals surface area contributed by atoms with Crippen molar-refractivity contribution in [3.05, 3.63) is 35.9 Å². The lowest BCUT2D eigenvalue weighted by molar-refractivity contribution is -0.168. The van der Waals surface area contributed by atoms with Crippen molar-refractivity contribution in [2.45, 2.75) is 90.0 Å². The third kappa shape index (κ3) is 7.68. The largest absolute Gasteiger partial charge is 0.444 e. The summed E-state index contributed by atoms with van der Waals surface area (Å²) in [5, 5.41) is 5.39. The van der Waals surface area contributed by atoms with Crippen LogP contribution in [-0.2, 0) is 35.2 Å². The van der Waals surface area contributed by atoms with E-state index in [9.17, 15) is 19.2 Å². The van der Waals surface area contributed by atoms with Gasteiger partial charge in [0.1, 0.15) is 23.7 Å². The Labute approximate surface area is 205 Å². The molecule has 1 aromatic rings. The number of nitrogens with zero attached hydrogens (tertiary/aromatic N) is 1. The number of piperidine rings is 1. The summed E-state index contributed by atoms with van der Waals surface area (Å²) in [6.07, 6.45) is 0.395. The topological polar surface area (TPSA) is 123 Å². The number of hydrogen-bond acceptors (Lipinski definition) is 7. The summed E-state index contributed by atoms with van der Waals surface area (Å²) in [4.78, 5) is 51.8. The van der Waals surface area contributed by atoms with E-state index in [-0.39, 0.29) is 24.8 Å². The minimum Gasteiger partial charge on any atom is -0.444 e. The molecule has 2 unspecified atom stereocenters. The van der Waals surface area contributed by atoms with Crippen molar-refractivity contribution >= 4 is 23.9 Å². The molecular formula is C25H35N3O7. The Morgan fingerprint density at radius 3 is 2.57 bits per heavy atom. The fraction of sp³-hybridized carbons (Fsp3) is 0.600. The number of amides is 3. The summed E-state index contributed by atoms with van der Waals surface area (Å²) in [6, 6.07) is 7.20. The molecule has 0 saturated carbocycles. The van der Waals surface area contributed by atoms with Gasteiger partial charge < -0.3 is 29.7 Å². The van der Waals surface area contributed by atoms with Gasteiger partial charge in [0, 0.05) is 6.54 Å². The highest BCUT2D eigenvalue weighted by atomic mass is 16.7. The van der Waals surface area contributed by atoms with Gasteiger partial charge in [0.2, 0.25) is 18.1 Å². The van der Waals surface area contributed by atoms with Crippen LogP contribution in [0.1, 0.15) is 58.9 Å². The number of benzene rings is 1. The van der Waals surface area contributed by atoms with Gasteiger partial charge in [0.25, 0.3) is 0 Å². The minimum absolute atomic E-state index is 0.0114. The molecule has 0 aromatic heterocycles. The number of carbonyl (C=O) groups is 4. The molecule has 0 bridgehead atoms. The van der Waals surface area contributed by atoms with Crippen molar-refractivity contribution in [1.82, 2.24) is 15.5 Å². The maximum atomic E-state index is 13.2. The van der Waals surface area contributed by atoms with Crippen molar-refractivity contribution in [3.63, 3.8) is 0 Å². The molecule has 4 atom stereocenters. The van der Waals surface area contributed by atoms with Crippen LogP contribution in [-0.4, -0.2) is 65.3 Å². The molecule has 0 aliphatic carbocycles.